The Kier molecular flexibility index (Phi) is 4.96. The van der Waals surface area contributed by atoms with Gasteiger partial charge in [0.1, 0.15) is 11.6 Å². The first-order valence-electron chi connectivity index (χ1n) is 8.75. The highest BCUT2D eigenvalue weighted by molar-refractivity contribution is 5.98. The maximum atomic E-state index is 13.6. The van der Waals surface area contributed by atoms with Crippen LogP contribution in [0.4, 0.5) is 15.9 Å². The Morgan fingerprint density at radius 3 is 2.58 bits per heavy atom. The van der Waals surface area contributed by atoms with Crippen LogP contribution in [-0.2, 0) is 4.79 Å². The minimum atomic E-state index is -0.335. The first-order chi connectivity index (χ1) is 12.3. The zero-order valence-electron chi connectivity index (χ0n) is 15.5. The van der Waals surface area contributed by atoms with Crippen LogP contribution in [0.1, 0.15) is 19.4 Å². The Morgan fingerprint density at radius 2 is 2.00 bits per heavy atom. The fraction of sp³-hybridized carbons (Fsp3) is 0.400. The van der Waals surface area contributed by atoms with Crippen molar-refractivity contribution in [2.75, 3.05) is 29.9 Å². The molecule has 1 amide bonds. The summed E-state index contributed by atoms with van der Waals surface area (Å²) in [6.45, 7) is 6.62. The van der Waals surface area contributed by atoms with E-state index in [9.17, 15) is 14.3 Å². The number of β-amino-alcohol motifs (C(OH)–C–C–N with tert-alkyl or cyclic N) is 1. The topological polar surface area (TPSA) is 56.7 Å². The van der Waals surface area contributed by atoms with Gasteiger partial charge in [0, 0.05) is 31.6 Å². The van der Waals surface area contributed by atoms with E-state index >= 15 is 0 Å². The molecule has 0 bridgehead atoms. The van der Waals surface area contributed by atoms with Crippen molar-refractivity contribution in [1.82, 2.24) is 4.98 Å². The Hall–Kier alpha value is -2.47. The Balaban J connectivity index is 2.10. The second-order valence-corrected chi connectivity index (χ2v) is 7.13. The van der Waals surface area contributed by atoms with Gasteiger partial charge in [-0.1, -0.05) is 19.9 Å². The monoisotopic (exact) mass is 357 g/mol. The number of benzene rings is 1. The fourth-order valence-electron chi connectivity index (χ4n) is 3.17. The summed E-state index contributed by atoms with van der Waals surface area (Å²) < 4.78 is 13.6. The molecule has 0 unspecified atom stereocenters. The molecule has 1 aromatic carbocycles. The molecule has 0 spiro atoms. The van der Waals surface area contributed by atoms with E-state index in [1.807, 2.05) is 31.7 Å². The molecule has 1 aromatic heterocycles. The number of aryl methyl sites for hydroxylation is 1. The van der Waals surface area contributed by atoms with Crippen molar-refractivity contribution < 1.29 is 14.3 Å². The molecule has 6 heteroatoms. The summed E-state index contributed by atoms with van der Waals surface area (Å²) in [6, 6.07) is 6.54. The van der Waals surface area contributed by atoms with E-state index in [1.54, 1.807) is 24.2 Å². The summed E-state index contributed by atoms with van der Waals surface area (Å²) >= 11 is 0. The molecule has 26 heavy (non-hydrogen) atoms. The van der Waals surface area contributed by atoms with Crippen molar-refractivity contribution in [3.05, 3.63) is 41.8 Å². The number of aliphatic hydroxyl groups excluding tert-OH is 1. The van der Waals surface area contributed by atoms with Crippen LogP contribution in [0.5, 0.6) is 0 Å². The molecule has 2 aromatic rings. The molecule has 1 fully saturated rings. The number of hydrogen-bond acceptors (Lipinski definition) is 4. The van der Waals surface area contributed by atoms with E-state index in [2.05, 4.69) is 4.98 Å². The summed E-state index contributed by atoms with van der Waals surface area (Å²) in [7, 11) is 1.73. The molecule has 5 nitrogen and oxygen atoms in total. The van der Waals surface area contributed by atoms with Gasteiger partial charge in [0.15, 0.2) is 0 Å². The van der Waals surface area contributed by atoms with Gasteiger partial charge in [0.05, 0.1) is 18.0 Å². The number of aliphatic hydroxyl groups is 1. The number of nitrogens with zero attached hydrogens (tertiary/aromatic N) is 3. The van der Waals surface area contributed by atoms with Crippen molar-refractivity contribution in [3.8, 4) is 11.1 Å². The quantitative estimate of drug-likeness (QED) is 0.914. The van der Waals surface area contributed by atoms with E-state index < -0.39 is 0 Å². The number of rotatable bonds is 4. The van der Waals surface area contributed by atoms with E-state index in [-0.39, 0.29) is 23.7 Å². The Bertz CT molecular complexity index is 832. The highest BCUT2D eigenvalue weighted by atomic mass is 19.1. The molecule has 0 aliphatic carbocycles. The van der Waals surface area contributed by atoms with Crippen LogP contribution in [0.2, 0.25) is 0 Å². The van der Waals surface area contributed by atoms with Gasteiger partial charge in [0.2, 0.25) is 5.91 Å². The number of halogens is 1. The lowest BCUT2D eigenvalue weighted by Gasteiger charge is -2.37. The van der Waals surface area contributed by atoms with Crippen LogP contribution >= 0.6 is 0 Å². The molecule has 1 aliphatic heterocycles. The first kappa shape index (κ1) is 18.3. The summed E-state index contributed by atoms with van der Waals surface area (Å²) in [6.07, 6.45) is 1.34. The van der Waals surface area contributed by atoms with Crippen LogP contribution in [0.15, 0.2) is 30.5 Å². The summed E-state index contributed by atoms with van der Waals surface area (Å²) in [5.41, 5.74) is 3.15. The van der Waals surface area contributed by atoms with Gasteiger partial charge in [-0.2, -0.15) is 0 Å². The van der Waals surface area contributed by atoms with Crippen LogP contribution in [0.25, 0.3) is 11.1 Å². The highest BCUT2D eigenvalue weighted by Gasteiger charge is 2.27. The van der Waals surface area contributed by atoms with Crippen molar-refractivity contribution in [2.45, 2.75) is 26.9 Å². The van der Waals surface area contributed by atoms with E-state index in [0.29, 0.717) is 18.8 Å². The van der Waals surface area contributed by atoms with Crippen LogP contribution in [-0.4, -0.2) is 42.2 Å². The zero-order chi connectivity index (χ0) is 19.0. The minimum absolute atomic E-state index is 0.0139. The van der Waals surface area contributed by atoms with Crippen molar-refractivity contribution >= 4 is 17.4 Å². The highest BCUT2D eigenvalue weighted by Crippen LogP contribution is 2.36. The minimum Gasteiger partial charge on any atom is -0.389 e. The second-order valence-electron chi connectivity index (χ2n) is 7.13. The number of amides is 1. The third kappa shape index (κ3) is 3.42. The second kappa shape index (κ2) is 7.03. The average Bonchev–Trinajstić information content (AvgIpc) is 2.57. The maximum absolute atomic E-state index is 13.6. The smallest absolute Gasteiger partial charge is 0.229 e. The number of carbonyl (C=O) groups is 1. The summed E-state index contributed by atoms with van der Waals surface area (Å²) in [4.78, 5) is 20.5. The van der Waals surface area contributed by atoms with Crippen LogP contribution in [0, 0.1) is 18.7 Å². The normalized spacial score (nSPS) is 14.5. The number of carbonyl (C=O) groups excluding carboxylic acids is 1. The van der Waals surface area contributed by atoms with Gasteiger partial charge in [-0.15, -0.1) is 0 Å². The van der Waals surface area contributed by atoms with Gasteiger partial charge in [-0.25, -0.2) is 9.37 Å². The van der Waals surface area contributed by atoms with Gasteiger partial charge >= 0.3 is 0 Å². The molecule has 1 aliphatic rings. The van der Waals surface area contributed by atoms with Gasteiger partial charge in [-0.3, -0.25) is 4.79 Å². The van der Waals surface area contributed by atoms with E-state index in [0.717, 1.165) is 22.5 Å². The molecular formula is C20H24FN3O2. The molecule has 1 saturated heterocycles. The fourth-order valence-corrected chi connectivity index (χ4v) is 3.17. The maximum Gasteiger partial charge on any atom is 0.229 e. The van der Waals surface area contributed by atoms with Gasteiger partial charge < -0.3 is 14.9 Å². The molecule has 1 N–H and O–H groups in total. The van der Waals surface area contributed by atoms with Crippen molar-refractivity contribution in [2.24, 2.45) is 5.92 Å². The predicted octanol–water partition coefficient (Wildman–Crippen LogP) is 3.00. The molecule has 2 heterocycles. The lowest BCUT2D eigenvalue weighted by atomic mass is 9.98. The number of pyridine rings is 1. The van der Waals surface area contributed by atoms with Crippen LogP contribution < -0.4 is 9.80 Å². The largest absolute Gasteiger partial charge is 0.389 e. The standard InChI is InChI=1S/C20H24FN3O2/c1-12(2)20(26)23(4)18-9-22-19(24-10-15(25)11-24)8-17(18)16-6-5-14(21)7-13(16)3/h5-9,12,15,25H,10-11H2,1-4H3. The Labute approximate surface area is 153 Å². The molecule has 0 saturated carbocycles. The number of anilines is 2. The van der Waals surface area contributed by atoms with Gasteiger partial charge in [0.25, 0.3) is 0 Å². The van der Waals surface area contributed by atoms with Crippen molar-refractivity contribution in [1.29, 1.82) is 0 Å². The summed E-state index contributed by atoms with van der Waals surface area (Å²) in [5, 5.41) is 9.55. The predicted molar refractivity (Wildman–Crippen MR) is 101 cm³/mol. The first-order valence-corrected chi connectivity index (χ1v) is 8.75. The number of aromatic nitrogens is 1. The van der Waals surface area contributed by atoms with Crippen LogP contribution in [0.3, 0.4) is 0 Å². The third-order valence-electron chi connectivity index (χ3n) is 4.72. The number of hydrogen-bond donors (Lipinski definition) is 1. The lowest BCUT2D eigenvalue weighted by molar-refractivity contribution is -0.121. The lowest BCUT2D eigenvalue weighted by Crippen LogP contribution is -2.51. The average molecular weight is 357 g/mol. The molecular weight excluding hydrogens is 333 g/mol. The van der Waals surface area contributed by atoms with E-state index in [4.69, 9.17) is 0 Å². The van der Waals surface area contributed by atoms with Crippen molar-refractivity contribution in [3.63, 3.8) is 0 Å². The molecule has 138 valence electrons. The molecule has 3 rings (SSSR count). The third-order valence-corrected chi connectivity index (χ3v) is 4.72. The van der Waals surface area contributed by atoms with E-state index in [1.165, 1.54) is 12.1 Å². The molecule has 0 atom stereocenters. The summed E-state index contributed by atoms with van der Waals surface area (Å²) in [5.74, 6) is 0.287. The molecule has 0 radical (unpaired) electrons. The zero-order valence-corrected chi connectivity index (χ0v) is 15.5. The Morgan fingerprint density at radius 1 is 1.31 bits per heavy atom. The SMILES string of the molecule is Cc1cc(F)ccc1-c1cc(N2CC(O)C2)ncc1N(C)C(=O)C(C)C. The van der Waals surface area contributed by atoms with Gasteiger partial charge in [-0.05, 0) is 36.2 Å².